The Morgan fingerprint density at radius 3 is 2.46 bits per heavy atom. The molecule has 0 radical (unpaired) electrons. The van der Waals surface area contributed by atoms with Crippen molar-refractivity contribution in [1.29, 1.82) is 0 Å². The molecule has 3 N–H and O–H groups in total. The van der Waals surface area contributed by atoms with Gasteiger partial charge in [0.1, 0.15) is 22.3 Å². The highest BCUT2D eigenvalue weighted by Gasteiger charge is 2.26. The van der Waals surface area contributed by atoms with Gasteiger partial charge >= 0.3 is 0 Å². The van der Waals surface area contributed by atoms with Gasteiger partial charge in [-0.15, -0.1) is 0 Å². The number of likely N-dealkylation sites (tertiary alicyclic amines) is 1. The van der Waals surface area contributed by atoms with Gasteiger partial charge in [-0.3, -0.25) is 9.59 Å². The molecule has 138 valence electrons. The van der Waals surface area contributed by atoms with E-state index >= 15 is 0 Å². The SMILES string of the molecule is CC(=O)N1CCC(Nc2nc(N)c(C(=O)c3c(F)cccc3F)s2)CC1. The number of ketones is 1. The third kappa shape index (κ3) is 3.67. The van der Waals surface area contributed by atoms with Crippen LogP contribution >= 0.6 is 11.3 Å². The highest BCUT2D eigenvalue weighted by atomic mass is 32.1. The van der Waals surface area contributed by atoms with Crippen LogP contribution in [-0.4, -0.2) is 40.7 Å². The lowest BCUT2D eigenvalue weighted by atomic mass is 10.1. The van der Waals surface area contributed by atoms with Crippen LogP contribution in [0.3, 0.4) is 0 Å². The fourth-order valence-electron chi connectivity index (χ4n) is 2.90. The summed E-state index contributed by atoms with van der Waals surface area (Å²) in [6.45, 7) is 2.81. The second-order valence-corrected chi connectivity index (χ2v) is 7.08. The molecular weight excluding hydrogens is 362 g/mol. The van der Waals surface area contributed by atoms with Crippen LogP contribution in [0.4, 0.5) is 19.7 Å². The molecule has 1 aliphatic heterocycles. The summed E-state index contributed by atoms with van der Waals surface area (Å²) in [6.07, 6.45) is 1.48. The van der Waals surface area contributed by atoms with Gasteiger partial charge in [-0.05, 0) is 25.0 Å². The Morgan fingerprint density at radius 1 is 1.27 bits per heavy atom. The standard InChI is InChI=1S/C17H18F2N4O2S/c1-9(24)23-7-5-10(6-8-23)21-17-22-16(20)15(26-17)14(25)13-11(18)3-2-4-12(13)19/h2-4,10H,5-8,20H2,1H3,(H,21,22). The Balaban J connectivity index is 1.74. The highest BCUT2D eigenvalue weighted by Crippen LogP contribution is 2.30. The van der Waals surface area contributed by atoms with Crippen LogP contribution in [0.15, 0.2) is 18.2 Å². The molecule has 3 rings (SSSR count). The van der Waals surface area contributed by atoms with Gasteiger partial charge in [-0.25, -0.2) is 13.8 Å². The molecule has 1 aliphatic rings. The lowest BCUT2D eigenvalue weighted by Gasteiger charge is -2.31. The van der Waals surface area contributed by atoms with Crippen molar-refractivity contribution in [2.24, 2.45) is 0 Å². The summed E-state index contributed by atoms with van der Waals surface area (Å²) in [5.41, 5.74) is 5.15. The largest absolute Gasteiger partial charge is 0.382 e. The highest BCUT2D eigenvalue weighted by molar-refractivity contribution is 7.18. The number of nitrogens with zero attached hydrogens (tertiary/aromatic N) is 2. The van der Waals surface area contributed by atoms with E-state index in [0.29, 0.717) is 18.2 Å². The zero-order valence-electron chi connectivity index (χ0n) is 14.1. The van der Waals surface area contributed by atoms with Crippen LogP contribution in [0.1, 0.15) is 35.0 Å². The summed E-state index contributed by atoms with van der Waals surface area (Å²) in [5.74, 6) is -2.72. The molecular formula is C17H18F2N4O2S. The second-order valence-electron chi connectivity index (χ2n) is 6.08. The van der Waals surface area contributed by atoms with Gasteiger partial charge < -0.3 is 16.0 Å². The van der Waals surface area contributed by atoms with E-state index in [9.17, 15) is 18.4 Å². The van der Waals surface area contributed by atoms with Gasteiger partial charge in [0, 0.05) is 26.1 Å². The number of hydrogen-bond donors (Lipinski definition) is 2. The first-order chi connectivity index (χ1) is 12.4. The Morgan fingerprint density at radius 2 is 1.88 bits per heavy atom. The number of aromatic nitrogens is 1. The molecule has 1 saturated heterocycles. The molecule has 0 aliphatic carbocycles. The maximum atomic E-state index is 13.8. The van der Waals surface area contributed by atoms with E-state index in [-0.39, 0.29) is 22.6 Å². The Labute approximate surface area is 153 Å². The quantitative estimate of drug-likeness (QED) is 0.796. The van der Waals surface area contributed by atoms with Crippen molar-refractivity contribution in [3.05, 3.63) is 40.3 Å². The van der Waals surface area contributed by atoms with E-state index in [1.54, 1.807) is 4.90 Å². The van der Waals surface area contributed by atoms with Gasteiger partial charge in [0.2, 0.25) is 11.7 Å². The van der Waals surface area contributed by atoms with E-state index in [4.69, 9.17) is 5.73 Å². The van der Waals surface area contributed by atoms with Crippen molar-refractivity contribution >= 4 is 34.0 Å². The van der Waals surface area contributed by atoms with E-state index in [1.165, 1.54) is 13.0 Å². The first-order valence-electron chi connectivity index (χ1n) is 8.14. The summed E-state index contributed by atoms with van der Waals surface area (Å²) in [6, 6.07) is 3.33. The molecule has 6 nitrogen and oxygen atoms in total. The Kier molecular flexibility index (Phi) is 5.17. The van der Waals surface area contributed by atoms with E-state index in [2.05, 4.69) is 10.3 Å². The van der Waals surface area contributed by atoms with Gasteiger partial charge in [-0.2, -0.15) is 0 Å². The summed E-state index contributed by atoms with van der Waals surface area (Å²) < 4.78 is 27.7. The minimum atomic E-state index is -0.936. The molecule has 0 unspecified atom stereocenters. The number of anilines is 2. The molecule has 1 amide bonds. The molecule has 0 spiro atoms. The smallest absolute Gasteiger partial charge is 0.219 e. The summed E-state index contributed by atoms with van der Waals surface area (Å²) in [5, 5.41) is 3.61. The monoisotopic (exact) mass is 380 g/mol. The minimum absolute atomic E-state index is 0.00216. The van der Waals surface area contributed by atoms with Crippen molar-refractivity contribution in [3.8, 4) is 0 Å². The number of benzene rings is 1. The number of carbonyl (C=O) groups is 2. The predicted molar refractivity (Wildman–Crippen MR) is 95.2 cm³/mol. The average Bonchev–Trinajstić information content (AvgIpc) is 2.95. The predicted octanol–water partition coefficient (Wildman–Crippen LogP) is 2.66. The number of nitrogens with two attached hydrogens (primary N) is 1. The van der Waals surface area contributed by atoms with E-state index < -0.39 is 23.0 Å². The molecule has 0 bridgehead atoms. The third-order valence-electron chi connectivity index (χ3n) is 4.32. The Bertz CT molecular complexity index is 827. The van der Waals surface area contributed by atoms with Gasteiger partial charge in [0.25, 0.3) is 0 Å². The zero-order chi connectivity index (χ0) is 18.8. The fourth-order valence-corrected chi connectivity index (χ4v) is 3.81. The van der Waals surface area contributed by atoms with Crippen LogP contribution < -0.4 is 11.1 Å². The zero-order valence-corrected chi connectivity index (χ0v) is 14.9. The van der Waals surface area contributed by atoms with Crippen molar-refractivity contribution in [2.45, 2.75) is 25.8 Å². The molecule has 1 aromatic heterocycles. The number of carbonyl (C=O) groups excluding carboxylic acids is 2. The maximum Gasteiger partial charge on any atom is 0.219 e. The molecule has 1 aromatic carbocycles. The molecule has 1 fully saturated rings. The van der Waals surface area contributed by atoms with Gasteiger partial charge in [0.15, 0.2) is 5.13 Å². The normalized spacial score (nSPS) is 15.1. The molecule has 26 heavy (non-hydrogen) atoms. The van der Waals surface area contributed by atoms with Crippen molar-refractivity contribution in [2.75, 3.05) is 24.1 Å². The lowest BCUT2D eigenvalue weighted by molar-refractivity contribution is -0.129. The number of piperidine rings is 1. The van der Waals surface area contributed by atoms with Gasteiger partial charge in [0.05, 0.1) is 5.56 Å². The van der Waals surface area contributed by atoms with Crippen molar-refractivity contribution in [1.82, 2.24) is 9.88 Å². The molecule has 2 aromatic rings. The number of nitrogen functional groups attached to an aromatic ring is 1. The van der Waals surface area contributed by atoms with Crippen LogP contribution in [0.25, 0.3) is 0 Å². The number of thiazole rings is 1. The van der Waals surface area contributed by atoms with Crippen LogP contribution in [-0.2, 0) is 4.79 Å². The van der Waals surface area contributed by atoms with E-state index in [1.807, 2.05) is 0 Å². The molecule has 0 atom stereocenters. The molecule has 2 heterocycles. The van der Waals surface area contributed by atoms with E-state index in [0.717, 1.165) is 36.3 Å². The first-order valence-corrected chi connectivity index (χ1v) is 8.95. The molecule has 0 saturated carbocycles. The summed E-state index contributed by atoms with van der Waals surface area (Å²) in [7, 11) is 0. The average molecular weight is 380 g/mol. The third-order valence-corrected chi connectivity index (χ3v) is 5.32. The van der Waals surface area contributed by atoms with Crippen LogP contribution in [0, 0.1) is 11.6 Å². The van der Waals surface area contributed by atoms with Crippen LogP contribution in [0.5, 0.6) is 0 Å². The lowest BCUT2D eigenvalue weighted by Crippen LogP contribution is -2.41. The fraction of sp³-hybridized carbons (Fsp3) is 0.353. The number of nitrogens with one attached hydrogen (secondary N) is 1. The first kappa shape index (κ1) is 18.2. The number of hydrogen-bond acceptors (Lipinski definition) is 6. The summed E-state index contributed by atoms with van der Waals surface area (Å²) in [4.78, 5) is 29.7. The topological polar surface area (TPSA) is 88.3 Å². The van der Waals surface area contributed by atoms with Gasteiger partial charge in [-0.1, -0.05) is 17.4 Å². The number of halogens is 2. The maximum absolute atomic E-state index is 13.8. The minimum Gasteiger partial charge on any atom is -0.382 e. The second kappa shape index (κ2) is 7.36. The Hall–Kier alpha value is -2.55. The summed E-state index contributed by atoms with van der Waals surface area (Å²) >= 11 is 0.970. The number of amides is 1. The number of rotatable bonds is 4. The van der Waals surface area contributed by atoms with Crippen molar-refractivity contribution in [3.63, 3.8) is 0 Å². The molecule has 9 heteroatoms. The van der Waals surface area contributed by atoms with Crippen LogP contribution in [0.2, 0.25) is 0 Å². The van der Waals surface area contributed by atoms with Crippen molar-refractivity contribution < 1.29 is 18.4 Å².